The van der Waals surface area contributed by atoms with E-state index in [1.165, 1.54) is 6.33 Å². The van der Waals surface area contributed by atoms with Crippen LogP contribution in [-0.4, -0.2) is 27.4 Å². The quantitative estimate of drug-likeness (QED) is 0.372. The Bertz CT molecular complexity index is 1380. The number of aromatic nitrogens is 2. The molecule has 3 aromatic carbocycles. The molecule has 1 amide bonds. The predicted octanol–water partition coefficient (Wildman–Crippen LogP) is 3.90. The Balaban J connectivity index is 1.45. The van der Waals surface area contributed by atoms with Gasteiger partial charge < -0.3 is 11.1 Å². The number of anilines is 1. The topological polar surface area (TPSA) is 115 Å². The third-order valence-electron chi connectivity index (χ3n) is 5.48. The molecule has 0 atom stereocenters. The van der Waals surface area contributed by atoms with Crippen LogP contribution in [0.25, 0.3) is 10.9 Å². The molecule has 7 nitrogen and oxygen atoms in total. The number of hydrogen-bond acceptors (Lipinski definition) is 6. The molecule has 7 heteroatoms. The summed E-state index contributed by atoms with van der Waals surface area (Å²) in [5, 5.41) is 4.00. The smallest absolute Gasteiger partial charge is 0.250 e. The van der Waals surface area contributed by atoms with Gasteiger partial charge in [-0.3, -0.25) is 14.4 Å². The van der Waals surface area contributed by atoms with Crippen molar-refractivity contribution in [1.29, 1.82) is 0 Å². The van der Waals surface area contributed by atoms with Gasteiger partial charge in [-0.2, -0.15) is 0 Å². The number of nitrogens with two attached hydrogens (primary N) is 1. The number of nitrogens with one attached hydrogen (secondary N) is 1. The fraction of sp³-hybridized carbons (Fsp3) is 0.148. The molecule has 0 saturated carbocycles. The molecule has 0 saturated heterocycles. The van der Waals surface area contributed by atoms with Gasteiger partial charge in [-0.25, -0.2) is 9.97 Å². The lowest BCUT2D eigenvalue weighted by Crippen LogP contribution is -2.12. The molecule has 0 spiro atoms. The van der Waals surface area contributed by atoms with Crippen molar-refractivity contribution in [3.8, 4) is 0 Å². The Labute approximate surface area is 197 Å². The number of amides is 1. The first-order chi connectivity index (χ1) is 16.4. The highest BCUT2D eigenvalue weighted by Crippen LogP contribution is 2.23. The first-order valence-corrected chi connectivity index (χ1v) is 10.9. The van der Waals surface area contributed by atoms with Crippen molar-refractivity contribution in [2.75, 3.05) is 5.32 Å². The third-order valence-corrected chi connectivity index (χ3v) is 5.48. The molecule has 170 valence electrons. The van der Waals surface area contributed by atoms with E-state index < -0.39 is 5.91 Å². The summed E-state index contributed by atoms with van der Waals surface area (Å²) in [7, 11) is 0. The van der Waals surface area contributed by atoms with Gasteiger partial charge >= 0.3 is 0 Å². The van der Waals surface area contributed by atoms with E-state index >= 15 is 0 Å². The fourth-order valence-electron chi connectivity index (χ4n) is 3.85. The van der Waals surface area contributed by atoms with Crippen LogP contribution in [0.2, 0.25) is 0 Å². The van der Waals surface area contributed by atoms with E-state index in [1.807, 2.05) is 42.5 Å². The molecule has 0 aliphatic rings. The minimum absolute atomic E-state index is 0.0141. The molecule has 0 aliphatic heterocycles. The van der Waals surface area contributed by atoms with E-state index in [9.17, 15) is 14.4 Å². The highest BCUT2D eigenvalue weighted by molar-refractivity contribution is 6.06. The Morgan fingerprint density at radius 1 is 0.853 bits per heavy atom. The summed E-state index contributed by atoms with van der Waals surface area (Å²) in [6.07, 6.45) is 2.04. The van der Waals surface area contributed by atoms with Crippen LogP contribution in [0.1, 0.15) is 44.3 Å². The van der Waals surface area contributed by atoms with Crippen molar-refractivity contribution >= 4 is 34.2 Å². The van der Waals surface area contributed by atoms with Crippen LogP contribution < -0.4 is 11.1 Å². The number of nitrogens with zero attached hydrogens (tertiary/aromatic N) is 2. The predicted molar refractivity (Wildman–Crippen MR) is 131 cm³/mol. The average Bonchev–Trinajstić information content (AvgIpc) is 2.82. The molecule has 34 heavy (non-hydrogen) atoms. The zero-order valence-corrected chi connectivity index (χ0v) is 18.7. The third kappa shape index (κ3) is 5.32. The van der Waals surface area contributed by atoms with Crippen LogP contribution in [0.5, 0.6) is 0 Å². The van der Waals surface area contributed by atoms with Crippen LogP contribution in [0.3, 0.4) is 0 Å². The van der Waals surface area contributed by atoms with Gasteiger partial charge in [0.2, 0.25) is 0 Å². The summed E-state index contributed by atoms with van der Waals surface area (Å²) in [5.74, 6) is 0.161. The second-order valence-corrected chi connectivity index (χ2v) is 8.14. The van der Waals surface area contributed by atoms with Crippen LogP contribution >= 0.6 is 0 Å². The molecule has 1 heterocycles. The van der Waals surface area contributed by atoms with Gasteiger partial charge in [-0.1, -0.05) is 54.6 Å². The number of carbonyl (C=O) groups excluding carboxylic acids is 3. The minimum atomic E-state index is -0.541. The van der Waals surface area contributed by atoms with Crippen molar-refractivity contribution in [3.63, 3.8) is 0 Å². The molecular weight excluding hydrogens is 428 g/mol. The molecule has 4 rings (SSSR count). The van der Waals surface area contributed by atoms with Gasteiger partial charge in [-0.15, -0.1) is 0 Å². The molecule has 0 fully saturated rings. The Hall–Kier alpha value is -4.39. The van der Waals surface area contributed by atoms with E-state index in [2.05, 4.69) is 15.3 Å². The van der Waals surface area contributed by atoms with Crippen molar-refractivity contribution in [1.82, 2.24) is 9.97 Å². The molecule has 0 bridgehead atoms. The Morgan fingerprint density at radius 3 is 2.32 bits per heavy atom. The van der Waals surface area contributed by atoms with Crippen LogP contribution in [-0.2, 0) is 24.2 Å². The van der Waals surface area contributed by atoms with E-state index in [0.29, 0.717) is 40.8 Å². The van der Waals surface area contributed by atoms with Crippen molar-refractivity contribution in [3.05, 3.63) is 101 Å². The summed E-state index contributed by atoms with van der Waals surface area (Å²) in [6.45, 7) is 2.03. The highest BCUT2D eigenvalue weighted by Gasteiger charge is 2.12. The van der Waals surface area contributed by atoms with Gasteiger partial charge in [0.25, 0.3) is 5.91 Å². The summed E-state index contributed by atoms with van der Waals surface area (Å²) >= 11 is 0. The molecule has 1 aromatic heterocycles. The Kier molecular flexibility index (Phi) is 6.73. The number of benzene rings is 3. The monoisotopic (exact) mass is 452 g/mol. The molecular formula is C27H24N4O3. The first kappa shape index (κ1) is 22.8. The van der Waals surface area contributed by atoms with Crippen LogP contribution in [0, 0.1) is 0 Å². The first-order valence-electron chi connectivity index (χ1n) is 10.9. The molecule has 0 radical (unpaired) electrons. The fourth-order valence-corrected chi connectivity index (χ4v) is 3.85. The summed E-state index contributed by atoms with van der Waals surface area (Å²) in [6, 6.07) is 20.2. The van der Waals surface area contributed by atoms with E-state index in [4.69, 9.17) is 5.73 Å². The molecule has 4 aromatic rings. The van der Waals surface area contributed by atoms with Gasteiger partial charge in [0.1, 0.15) is 17.9 Å². The second-order valence-electron chi connectivity index (χ2n) is 8.14. The molecule has 0 aliphatic carbocycles. The highest BCUT2D eigenvalue weighted by atomic mass is 16.1. The van der Waals surface area contributed by atoms with Gasteiger partial charge in [0.15, 0.2) is 5.78 Å². The van der Waals surface area contributed by atoms with Crippen LogP contribution in [0.4, 0.5) is 5.82 Å². The van der Waals surface area contributed by atoms with Gasteiger partial charge in [0.05, 0.1) is 11.1 Å². The number of hydrogen-bond donors (Lipinski definition) is 2. The van der Waals surface area contributed by atoms with Crippen molar-refractivity contribution < 1.29 is 14.4 Å². The van der Waals surface area contributed by atoms with E-state index in [1.54, 1.807) is 31.2 Å². The number of para-hydroxylation sites is 1. The lowest BCUT2D eigenvalue weighted by atomic mass is 9.99. The normalized spacial score (nSPS) is 10.7. The number of fused-ring (bicyclic) bond motifs is 1. The van der Waals surface area contributed by atoms with E-state index in [-0.39, 0.29) is 18.0 Å². The number of ketones is 2. The average molecular weight is 453 g/mol. The van der Waals surface area contributed by atoms with Gasteiger partial charge in [0, 0.05) is 30.3 Å². The second kappa shape index (κ2) is 10.0. The SMILES string of the molecule is CC(=O)Cc1ccc(C(=O)Cc2cccc(CNc3ncnc4c(C(N)=O)cccc34)c2)cc1. The summed E-state index contributed by atoms with van der Waals surface area (Å²) in [4.78, 5) is 44.2. The largest absolute Gasteiger partial charge is 0.366 e. The van der Waals surface area contributed by atoms with Crippen molar-refractivity contribution in [2.24, 2.45) is 5.73 Å². The maximum absolute atomic E-state index is 12.7. The lowest BCUT2D eigenvalue weighted by molar-refractivity contribution is -0.116. The molecule has 0 unspecified atom stereocenters. The van der Waals surface area contributed by atoms with Gasteiger partial charge in [-0.05, 0) is 35.7 Å². The minimum Gasteiger partial charge on any atom is -0.366 e. The maximum Gasteiger partial charge on any atom is 0.250 e. The summed E-state index contributed by atoms with van der Waals surface area (Å²) in [5.41, 5.74) is 9.71. The number of Topliss-reactive ketones (excluding diaryl/α,β-unsaturated/α-hetero) is 2. The zero-order chi connectivity index (χ0) is 24.1. The lowest BCUT2D eigenvalue weighted by Gasteiger charge is -2.11. The van der Waals surface area contributed by atoms with Crippen molar-refractivity contribution in [2.45, 2.75) is 26.3 Å². The standard InChI is InChI=1S/C27H24N4O3/c1-17(32)12-18-8-10-21(11-9-18)24(33)14-19-4-2-5-20(13-19)15-29-27-23-7-3-6-22(26(28)34)25(23)30-16-31-27/h2-11,13,16H,12,14-15H2,1H3,(H2,28,34)(H,29,30,31). The number of rotatable bonds is 9. The van der Waals surface area contributed by atoms with Crippen LogP contribution in [0.15, 0.2) is 73.1 Å². The zero-order valence-electron chi connectivity index (χ0n) is 18.7. The summed E-state index contributed by atoms with van der Waals surface area (Å²) < 4.78 is 0. The molecule has 3 N–H and O–H groups in total. The Morgan fingerprint density at radius 2 is 1.59 bits per heavy atom. The number of primary amides is 1. The number of carbonyl (C=O) groups is 3. The maximum atomic E-state index is 12.7. The van der Waals surface area contributed by atoms with E-state index in [0.717, 1.165) is 16.7 Å².